The van der Waals surface area contributed by atoms with E-state index < -0.39 is 0 Å². The monoisotopic (exact) mass is 486 g/mol. The van der Waals surface area contributed by atoms with Crippen molar-refractivity contribution in [2.24, 2.45) is 5.92 Å². The second kappa shape index (κ2) is 10.4. The van der Waals surface area contributed by atoms with Crippen molar-refractivity contribution in [2.45, 2.75) is 35.9 Å². The Bertz CT molecular complexity index is 1320. The van der Waals surface area contributed by atoms with Gasteiger partial charge in [-0.3, -0.25) is 4.79 Å². The predicted molar refractivity (Wildman–Crippen MR) is 131 cm³/mol. The van der Waals surface area contributed by atoms with Crippen LogP contribution in [-0.2, 0) is 0 Å². The molecule has 0 bridgehead atoms. The molecule has 0 amide bonds. The first-order valence-electron chi connectivity index (χ1n) is 11.1. The molecule has 1 aliphatic carbocycles. The van der Waals surface area contributed by atoms with E-state index in [1.165, 1.54) is 18.1 Å². The van der Waals surface area contributed by atoms with Gasteiger partial charge in [-0.05, 0) is 48.9 Å². The number of nitrogens with one attached hydrogen (secondary N) is 1. The Morgan fingerprint density at radius 3 is 2.51 bits per heavy atom. The molecule has 3 aromatic heterocycles. The Balaban J connectivity index is 1.42. The molecule has 0 spiro atoms. The van der Waals surface area contributed by atoms with E-state index in [0.29, 0.717) is 33.2 Å². The number of benzene rings is 1. The number of nitrogens with two attached hydrogens (primary N) is 1. The standard InChI is InChI=1S/C24H22N8O2S/c25-23-30-21(20(33)15-6-4-5-7-15)31-24(32-23)35-19-11-10-18(28-16-12-26-14-27-13-16)22(29-19)34-17-8-2-1-3-9-17/h1-3,8-15,28H,4-7H2,(H2,25,30,31,32). The number of hydrogen-bond donors (Lipinski definition) is 2. The van der Waals surface area contributed by atoms with Crippen LogP contribution in [0.4, 0.5) is 17.3 Å². The van der Waals surface area contributed by atoms with Crippen LogP contribution in [0, 0.1) is 5.92 Å². The number of pyridine rings is 1. The molecule has 1 aliphatic rings. The maximum Gasteiger partial charge on any atom is 0.244 e. The van der Waals surface area contributed by atoms with Crippen LogP contribution in [0.1, 0.15) is 36.3 Å². The average molecular weight is 487 g/mol. The molecule has 35 heavy (non-hydrogen) atoms. The molecule has 176 valence electrons. The molecule has 1 fully saturated rings. The molecule has 10 nitrogen and oxygen atoms in total. The van der Waals surface area contributed by atoms with E-state index in [9.17, 15) is 4.79 Å². The minimum absolute atomic E-state index is 0.00645. The third-order valence-electron chi connectivity index (χ3n) is 5.41. The lowest BCUT2D eigenvalue weighted by molar-refractivity contribution is 0.0911. The number of nitrogens with zero attached hydrogens (tertiary/aromatic N) is 6. The van der Waals surface area contributed by atoms with Gasteiger partial charge >= 0.3 is 0 Å². The highest BCUT2D eigenvalue weighted by Gasteiger charge is 2.27. The molecule has 0 aliphatic heterocycles. The lowest BCUT2D eigenvalue weighted by Gasteiger charge is -2.13. The number of ketones is 1. The summed E-state index contributed by atoms with van der Waals surface area (Å²) in [5.41, 5.74) is 7.21. The lowest BCUT2D eigenvalue weighted by Crippen LogP contribution is -2.17. The first-order valence-corrected chi connectivity index (χ1v) is 12.0. The van der Waals surface area contributed by atoms with Crippen molar-refractivity contribution >= 4 is 34.9 Å². The van der Waals surface area contributed by atoms with E-state index in [1.807, 2.05) is 36.4 Å². The summed E-state index contributed by atoms with van der Waals surface area (Å²) in [7, 11) is 0. The highest BCUT2D eigenvalue weighted by Crippen LogP contribution is 2.34. The molecular weight excluding hydrogens is 464 g/mol. The molecule has 11 heteroatoms. The fourth-order valence-corrected chi connectivity index (χ4v) is 4.49. The summed E-state index contributed by atoms with van der Waals surface area (Å²) in [4.78, 5) is 38.2. The van der Waals surface area contributed by atoms with Crippen LogP contribution in [0.25, 0.3) is 0 Å². The smallest absolute Gasteiger partial charge is 0.244 e. The number of carbonyl (C=O) groups is 1. The van der Waals surface area contributed by atoms with Crippen LogP contribution in [0.5, 0.6) is 11.6 Å². The average Bonchev–Trinajstić information content (AvgIpc) is 3.41. The van der Waals surface area contributed by atoms with E-state index >= 15 is 0 Å². The molecule has 5 rings (SSSR count). The van der Waals surface area contributed by atoms with Gasteiger partial charge in [0.2, 0.25) is 23.4 Å². The lowest BCUT2D eigenvalue weighted by atomic mass is 10.0. The van der Waals surface area contributed by atoms with Crippen LogP contribution < -0.4 is 15.8 Å². The van der Waals surface area contributed by atoms with Gasteiger partial charge in [-0.15, -0.1) is 0 Å². The first-order chi connectivity index (χ1) is 17.1. The van der Waals surface area contributed by atoms with Crippen LogP contribution in [0.3, 0.4) is 0 Å². The predicted octanol–water partition coefficient (Wildman–Crippen LogP) is 4.70. The Kier molecular flexibility index (Phi) is 6.75. The Morgan fingerprint density at radius 1 is 0.971 bits per heavy atom. The van der Waals surface area contributed by atoms with E-state index in [4.69, 9.17) is 10.5 Å². The Morgan fingerprint density at radius 2 is 1.74 bits per heavy atom. The summed E-state index contributed by atoms with van der Waals surface area (Å²) < 4.78 is 6.05. The van der Waals surface area contributed by atoms with Gasteiger partial charge in [0.15, 0.2) is 5.16 Å². The van der Waals surface area contributed by atoms with Gasteiger partial charge in [-0.25, -0.2) is 15.0 Å². The van der Waals surface area contributed by atoms with Gasteiger partial charge in [0.25, 0.3) is 0 Å². The fourth-order valence-electron chi connectivity index (χ4n) is 3.76. The summed E-state index contributed by atoms with van der Waals surface area (Å²) in [5, 5.41) is 4.09. The molecule has 4 aromatic rings. The maximum atomic E-state index is 12.8. The number of carbonyl (C=O) groups excluding carboxylic acids is 1. The molecular formula is C24H22N8O2S. The van der Waals surface area contributed by atoms with Gasteiger partial charge in [-0.1, -0.05) is 31.0 Å². The molecule has 3 heterocycles. The summed E-state index contributed by atoms with van der Waals surface area (Å²) in [6.07, 6.45) is 8.56. The van der Waals surface area contributed by atoms with Crippen molar-refractivity contribution in [3.05, 3.63) is 67.0 Å². The molecule has 0 radical (unpaired) electrons. The van der Waals surface area contributed by atoms with Crippen molar-refractivity contribution in [1.29, 1.82) is 0 Å². The highest BCUT2D eigenvalue weighted by molar-refractivity contribution is 7.99. The minimum atomic E-state index is -0.0795. The van der Waals surface area contributed by atoms with Crippen molar-refractivity contribution in [1.82, 2.24) is 29.9 Å². The van der Waals surface area contributed by atoms with Crippen LogP contribution >= 0.6 is 11.8 Å². The van der Waals surface area contributed by atoms with E-state index in [-0.39, 0.29) is 23.5 Å². The number of rotatable bonds is 8. The topological polar surface area (TPSA) is 142 Å². The van der Waals surface area contributed by atoms with Gasteiger partial charge < -0.3 is 15.8 Å². The molecule has 0 saturated heterocycles. The summed E-state index contributed by atoms with van der Waals surface area (Å²) in [6, 6.07) is 13.0. The van der Waals surface area contributed by atoms with Crippen LogP contribution in [-0.4, -0.2) is 35.7 Å². The van der Waals surface area contributed by atoms with Crippen molar-refractivity contribution in [3.63, 3.8) is 0 Å². The zero-order valence-corrected chi connectivity index (χ0v) is 19.5. The van der Waals surface area contributed by atoms with E-state index in [2.05, 4.69) is 35.2 Å². The van der Waals surface area contributed by atoms with Crippen molar-refractivity contribution < 1.29 is 9.53 Å². The first kappa shape index (κ1) is 22.7. The second-order valence-electron chi connectivity index (χ2n) is 7.92. The van der Waals surface area contributed by atoms with Crippen molar-refractivity contribution in [3.8, 4) is 11.6 Å². The number of hydrogen-bond acceptors (Lipinski definition) is 11. The second-order valence-corrected chi connectivity index (χ2v) is 8.90. The molecule has 1 saturated carbocycles. The fraction of sp³-hybridized carbons (Fsp3) is 0.208. The molecule has 0 unspecified atom stereocenters. The molecule has 3 N–H and O–H groups in total. The Labute approximate surface area is 205 Å². The van der Waals surface area contributed by atoms with Crippen molar-refractivity contribution in [2.75, 3.05) is 11.1 Å². The Hall–Kier alpha value is -4.12. The van der Waals surface area contributed by atoms with Gasteiger partial charge in [0.05, 0.1) is 18.1 Å². The van der Waals surface area contributed by atoms with Gasteiger partial charge in [-0.2, -0.15) is 15.0 Å². The number of Topliss-reactive ketones (excluding diaryl/α,β-unsaturated/α-hetero) is 1. The zero-order chi connectivity index (χ0) is 24.0. The number of ether oxygens (including phenoxy) is 1. The molecule has 1 aromatic carbocycles. The number of anilines is 3. The zero-order valence-electron chi connectivity index (χ0n) is 18.7. The SMILES string of the molecule is Nc1nc(Sc2ccc(Nc3cncnc3)c(Oc3ccccc3)n2)nc(C(=O)C2CCCC2)n1. The normalized spacial score (nSPS) is 13.5. The summed E-state index contributed by atoms with van der Waals surface area (Å²) in [5.74, 6) is 0.954. The largest absolute Gasteiger partial charge is 0.437 e. The van der Waals surface area contributed by atoms with E-state index in [0.717, 1.165) is 25.7 Å². The van der Waals surface area contributed by atoms with E-state index in [1.54, 1.807) is 18.5 Å². The van der Waals surface area contributed by atoms with Gasteiger partial charge in [0.1, 0.15) is 22.8 Å². The highest BCUT2D eigenvalue weighted by atomic mass is 32.2. The molecule has 0 atom stereocenters. The van der Waals surface area contributed by atoms with Crippen LogP contribution in [0.15, 0.2) is 71.4 Å². The maximum absolute atomic E-state index is 12.8. The summed E-state index contributed by atoms with van der Waals surface area (Å²) in [6.45, 7) is 0. The third kappa shape index (κ3) is 5.69. The van der Waals surface area contributed by atoms with Crippen LogP contribution in [0.2, 0.25) is 0 Å². The quantitative estimate of drug-likeness (QED) is 0.335. The summed E-state index contributed by atoms with van der Waals surface area (Å²) >= 11 is 1.18. The van der Waals surface area contributed by atoms with Gasteiger partial charge in [0, 0.05) is 5.92 Å². The third-order valence-corrected chi connectivity index (χ3v) is 6.21. The minimum Gasteiger partial charge on any atom is -0.437 e. The number of para-hydroxylation sites is 1. The number of aromatic nitrogens is 6. The number of nitrogen functional groups attached to an aromatic ring is 1.